The molecule has 7 heteroatoms. The summed E-state index contributed by atoms with van der Waals surface area (Å²) in [5, 5.41) is 1.94. The van der Waals surface area contributed by atoms with Crippen LogP contribution in [0.15, 0.2) is 54.7 Å². The van der Waals surface area contributed by atoms with E-state index in [9.17, 15) is 9.18 Å². The number of nitrogens with two attached hydrogens (primary N) is 1. The Hall–Kier alpha value is -1.95. The predicted octanol–water partition coefficient (Wildman–Crippen LogP) is 7.27. The maximum Gasteiger partial charge on any atom is 0.222 e. The zero-order valence-electron chi connectivity index (χ0n) is 17.7. The van der Waals surface area contributed by atoms with Crippen LogP contribution in [0, 0.1) is 6.92 Å². The number of benzene rings is 1. The first kappa shape index (κ1) is 26.1. The lowest BCUT2D eigenvalue weighted by molar-refractivity contribution is -0.117. The van der Waals surface area contributed by atoms with Crippen molar-refractivity contribution in [2.75, 3.05) is 0 Å². The van der Waals surface area contributed by atoms with E-state index in [1.807, 2.05) is 20.8 Å². The van der Waals surface area contributed by atoms with Crippen molar-refractivity contribution in [3.8, 4) is 11.3 Å². The minimum atomic E-state index is -1.29. The molecule has 3 nitrogen and oxygen atoms in total. The predicted molar refractivity (Wildman–Crippen MR) is 128 cm³/mol. The quantitative estimate of drug-likeness (QED) is 0.434. The zero-order chi connectivity index (χ0) is 23.1. The lowest BCUT2D eigenvalue weighted by Crippen LogP contribution is -2.17. The summed E-state index contributed by atoms with van der Waals surface area (Å²) in [6.07, 6.45) is 4.04. The maximum atomic E-state index is 13.5. The van der Waals surface area contributed by atoms with Crippen molar-refractivity contribution in [1.82, 2.24) is 4.98 Å². The van der Waals surface area contributed by atoms with Crippen LogP contribution in [0.2, 0.25) is 10.0 Å². The van der Waals surface area contributed by atoms with E-state index in [1.54, 1.807) is 37.3 Å². The molecule has 0 spiro atoms. The highest BCUT2D eigenvalue weighted by atomic mass is 35.5. The highest BCUT2D eigenvalue weighted by Crippen LogP contribution is 2.34. The van der Waals surface area contributed by atoms with Crippen LogP contribution in [0.4, 0.5) is 4.39 Å². The molecule has 0 saturated heterocycles. The number of aryl methyl sites for hydroxylation is 1. The van der Waals surface area contributed by atoms with Gasteiger partial charge in [0.15, 0.2) is 0 Å². The Balaban J connectivity index is 0.000000329. The first-order valence-electron chi connectivity index (χ1n) is 9.30. The summed E-state index contributed by atoms with van der Waals surface area (Å²) in [6, 6.07) is 5.19. The van der Waals surface area contributed by atoms with Crippen LogP contribution < -0.4 is 5.73 Å². The van der Waals surface area contributed by atoms with Crippen LogP contribution in [-0.2, 0) is 11.2 Å². The topological polar surface area (TPSA) is 56.0 Å². The molecule has 1 atom stereocenters. The molecule has 30 heavy (non-hydrogen) atoms. The summed E-state index contributed by atoms with van der Waals surface area (Å²) in [4.78, 5) is 16.3. The van der Waals surface area contributed by atoms with E-state index in [2.05, 4.69) is 18.1 Å². The van der Waals surface area contributed by atoms with Gasteiger partial charge in [-0.2, -0.15) is 0 Å². The van der Waals surface area contributed by atoms with Gasteiger partial charge in [0.05, 0.1) is 22.1 Å². The number of hydrogen-bond acceptors (Lipinski definition) is 3. The molecule has 0 saturated carbocycles. The molecule has 2 N–H and O–H groups in total. The fraction of sp³-hybridized carbons (Fsp3) is 0.304. The second-order valence-electron chi connectivity index (χ2n) is 6.94. The average Bonchev–Trinajstić information content (AvgIpc) is 3.01. The third kappa shape index (κ3) is 7.71. The number of nitrogens with zero attached hydrogens (tertiary/aromatic N) is 1. The molecule has 2 rings (SSSR count). The van der Waals surface area contributed by atoms with Crippen molar-refractivity contribution in [2.45, 2.75) is 46.2 Å². The molecule has 0 bridgehead atoms. The van der Waals surface area contributed by atoms with Crippen LogP contribution in [0.25, 0.3) is 11.3 Å². The summed E-state index contributed by atoms with van der Waals surface area (Å²) in [6.45, 7) is 14.4. The van der Waals surface area contributed by atoms with Crippen molar-refractivity contribution in [3.05, 3.63) is 74.6 Å². The fourth-order valence-corrected chi connectivity index (χ4v) is 3.81. The number of rotatable bonds is 7. The third-order valence-electron chi connectivity index (χ3n) is 4.38. The molecule has 1 heterocycles. The van der Waals surface area contributed by atoms with E-state index in [1.165, 1.54) is 11.3 Å². The van der Waals surface area contributed by atoms with Crippen molar-refractivity contribution in [3.63, 3.8) is 0 Å². The summed E-state index contributed by atoms with van der Waals surface area (Å²) >= 11 is 13.5. The number of primary amides is 1. The van der Waals surface area contributed by atoms with Gasteiger partial charge >= 0.3 is 0 Å². The van der Waals surface area contributed by atoms with Gasteiger partial charge in [-0.3, -0.25) is 4.79 Å². The lowest BCUT2D eigenvalue weighted by atomic mass is 9.95. The van der Waals surface area contributed by atoms with Gasteiger partial charge in [-0.05, 0) is 51.0 Å². The Morgan fingerprint density at radius 3 is 2.53 bits per heavy atom. The number of halogens is 3. The van der Waals surface area contributed by atoms with Crippen molar-refractivity contribution < 1.29 is 9.18 Å². The van der Waals surface area contributed by atoms with E-state index in [0.29, 0.717) is 27.7 Å². The monoisotopic (exact) mass is 468 g/mol. The van der Waals surface area contributed by atoms with Crippen molar-refractivity contribution >= 4 is 40.4 Å². The standard InChI is InChI=1S/C12H10Cl2N2OS.C11H17F/c1-6-16-12(10(18-6)5-11(15)17)8-3-2-7(13)4-9(8)14;1-6-9(3)8-10(4)11(5,12)7-2/h2-4H,5H2,1H3,(H2,15,17);6,8H,1,4,7H2,2-3,5H3/b;9-8-. The summed E-state index contributed by atoms with van der Waals surface area (Å²) < 4.78 is 13.5. The fourth-order valence-electron chi connectivity index (χ4n) is 2.35. The number of carbonyl (C=O) groups is 1. The van der Waals surface area contributed by atoms with E-state index in [0.717, 1.165) is 21.0 Å². The minimum Gasteiger partial charge on any atom is -0.369 e. The molecule has 0 aliphatic rings. The number of carbonyl (C=O) groups excluding carboxylic acids is 1. The Kier molecular flexibility index (Phi) is 9.95. The van der Waals surface area contributed by atoms with Gasteiger partial charge < -0.3 is 5.73 Å². The summed E-state index contributed by atoms with van der Waals surface area (Å²) in [7, 11) is 0. The van der Waals surface area contributed by atoms with Gasteiger partial charge in [0, 0.05) is 15.5 Å². The summed E-state index contributed by atoms with van der Waals surface area (Å²) in [5.41, 5.74) is 6.87. The van der Waals surface area contributed by atoms with E-state index >= 15 is 0 Å². The minimum absolute atomic E-state index is 0.166. The van der Waals surface area contributed by atoms with E-state index in [4.69, 9.17) is 28.9 Å². The Labute approximate surface area is 192 Å². The molecule has 1 unspecified atom stereocenters. The molecule has 0 aliphatic heterocycles. The number of hydrogen-bond donors (Lipinski definition) is 1. The Morgan fingerprint density at radius 1 is 1.40 bits per heavy atom. The van der Waals surface area contributed by atoms with Crippen LogP contribution in [0.5, 0.6) is 0 Å². The van der Waals surface area contributed by atoms with Crippen LogP contribution >= 0.6 is 34.5 Å². The first-order valence-corrected chi connectivity index (χ1v) is 10.9. The lowest BCUT2D eigenvalue weighted by Gasteiger charge is -2.18. The number of aromatic nitrogens is 1. The molecule has 162 valence electrons. The number of thiazole rings is 1. The maximum absolute atomic E-state index is 13.5. The number of amides is 1. The normalized spacial score (nSPS) is 13.1. The van der Waals surface area contributed by atoms with E-state index in [-0.39, 0.29) is 12.3 Å². The second kappa shape index (κ2) is 11.4. The highest BCUT2D eigenvalue weighted by Gasteiger charge is 2.22. The average molecular weight is 469 g/mol. The van der Waals surface area contributed by atoms with Crippen molar-refractivity contribution in [2.24, 2.45) is 5.73 Å². The van der Waals surface area contributed by atoms with Crippen molar-refractivity contribution in [1.29, 1.82) is 0 Å². The Bertz CT molecular complexity index is 964. The number of allylic oxidation sites excluding steroid dienone is 4. The van der Waals surface area contributed by atoms with Gasteiger partial charge in [-0.15, -0.1) is 11.3 Å². The first-order chi connectivity index (χ1) is 13.9. The highest BCUT2D eigenvalue weighted by molar-refractivity contribution is 7.12. The second-order valence-corrected chi connectivity index (χ2v) is 9.07. The molecule has 1 aromatic heterocycles. The largest absolute Gasteiger partial charge is 0.369 e. The number of alkyl halides is 1. The molecule has 0 aliphatic carbocycles. The molecule has 0 radical (unpaired) electrons. The van der Waals surface area contributed by atoms with E-state index < -0.39 is 5.67 Å². The van der Waals surface area contributed by atoms with Gasteiger partial charge in [0.2, 0.25) is 5.91 Å². The third-order valence-corrected chi connectivity index (χ3v) is 5.90. The van der Waals surface area contributed by atoms with Crippen LogP contribution in [0.1, 0.15) is 37.1 Å². The SMILES string of the molecule is C=C/C(C)=C\C(=C)C(C)(F)CC.Cc1nc(-c2ccc(Cl)cc2Cl)c(CC(N)=O)s1. The molecular weight excluding hydrogens is 442 g/mol. The van der Waals surface area contributed by atoms with Crippen LogP contribution in [0.3, 0.4) is 0 Å². The van der Waals surface area contributed by atoms with Gasteiger partial charge in [0.1, 0.15) is 5.67 Å². The van der Waals surface area contributed by atoms with Gasteiger partial charge in [0.25, 0.3) is 0 Å². The molecule has 2 aromatic rings. The smallest absolute Gasteiger partial charge is 0.222 e. The van der Waals surface area contributed by atoms with Gasteiger partial charge in [-0.1, -0.05) is 61.0 Å². The summed E-state index contributed by atoms with van der Waals surface area (Å²) in [5.74, 6) is -0.384. The molecule has 1 aromatic carbocycles. The Morgan fingerprint density at radius 2 is 2.03 bits per heavy atom. The van der Waals surface area contributed by atoms with Crippen LogP contribution in [-0.4, -0.2) is 16.6 Å². The zero-order valence-corrected chi connectivity index (χ0v) is 20.0. The molecule has 1 amide bonds. The molecular formula is C23H27Cl2FN2OS. The van der Waals surface area contributed by atoms with Gasteiger partial charge in [-0.25, -0.2) is 9.37 Å². The molecule has 0 fully saturated rings.